The molecule has 0 aromatic heterocycles. The van der Waals surface area contributed by atoms with Crippen LogP contribution in [0.15, 0.2) is 78.9 Å². The van der Waals surface area contributed by atoms with Gasteiger partial charge in [0.25, 0.3) is 5.91 Å². The number of para-hydroxylation sites is 1. The summed E-state index contributed by atoms with van der Waals surface area (Å²) < 4.78 is 0. The molecule has 1 amide bonds. The summed E-state index contributed by atoms with van der Waals surface area (Å²) in [7, 11) is 0. The molecular weight excluding hydrogens is 320 g/mol. The highest BCUT2D eigenvalue weighted by Crippen LogP contribution is 2.33. The van der Waals surface area contributed by atoms with Gasteiger partial charge in [-0.15, -0.1) is 0 Å². The van der Waals surface area contributed by atoms with Gasteiger partial charge in [0.2, 0.25) is 0 Å². The number of nitrogens with zero attached hydrogens (tertiary/aromatic N) is 1. The lowest BCUT2D eigenvalue weighted by atomic mass is 10.0. The van der Waals surface area contributed by atoms with E-state index >= 15 is 0 Å². The lowest BCUT2D eigenvalue weighted by Crippen LogP contribution is -2.43. The minimum atomic E-state index is -0.151. The average Bonchev–Trinajstić information content (AvgIpc) is 2.69. The number of anilines is 1. The molecule has 0 spiro atoms. The Balaban J connectivity index is 1.66. The van der Waals surface area contributed by atoms with Gasteiger partial charge in [-0.3, -0.25) is 4.79 Å². The van der Waals surface area contributed by atoms with Crippen LogP contribution in [0.25, 0.3) is 0 Å². The highest BCUT2D eigenvalue weighted by Gasteiger charge is 2.32. The van der Waals surface area contributed by atoms with Gasteiger partial charge in [0.15, 0.2) is 0 Å². The summed E-state index contributed by atoms with van der Waals surface area (Å²) in [5.41, 5.74) is 5.20. The van der Waals surface area contributed by atoms with E-state index < -0.39 is 0 Å². The van der Waals surface area contributed by atoms with Gasteiger partial charge in [-0.2, -0.15) is 0 Å². The fourth-order valence-corrected chi connectivity index (χ4v) is 3.43. The molecule has 0 fully saturated rings. The van der Waals surface area contributed by atoms with Crippen molar-refractivity contribution >= 4 is 11.6 Å². The minimum absolute atomic E-state index is 0.0841. The summed E-state index contributed by atoms with van der Waals surface area (Å²) in [6, 6.07) is 26.5. The highest BCUT2D eigenvalue weighted by molar-refractivity contribution is 6.01. The number of rotatable bonds is 4. The molecule has 0 aliphatic carbocycles. The Kier molecular flexibility index (Phi) is 4.44. The van der Waals surface area contributed by atoms with Gasteiger partial charge in [-0.25, -0.2) is 0 Å². The third-order valence-corrected chi connectivity index (χ3v) is 4.90. The van der Waals surface area contributed by atoms with Gasteiger partial charge in [0.05, 0.1) is 5.56 Å². The van der Waals surface area contributed by atoms with Crippen molar-refractivity contribution in [3.05, 3.63) is 101 Å². The van der Waals surface area contributed by atoms with Crippen LogP contribution in [-0.4, -0.2) is 17.4 Å². The number of aryl methyl sites for hydroxylation is 1. The summed E-state index contributed by atoms with van der Waals surface area (Å²) in [5.74, 6) is 0.0841. The van der Waals surface area contributed by atoms with Gasteiger partial charge in [-0.05, 0) is 36.6 Å². The van der Waals surface area contributed by atoms with Gasteiger partial charge in [0, 0.05) is 12.2 Å². The fraction of sp³-hybridized carbons (Fsp3) is 0.174. The van der Waals surface area contributed by atoms with E-state index in [0.29, 0.717) is 6.54 Å². The van der Waals surface area contributed by atoms with Crippen LogP contribution >= 0.6 is 0 Å². The molecule has 1 unspecified atom stereocenters. The molecule has 3 aromatic rings. The van der Waals surface area contributed by atoms with Crippen molar-refractivity contribution in [3.63, 3.8) is 0 Å². The number of fused-ring (bicyclic) bond motifs is 1. The normalized spacial score (nSPS) is 16.1. The maximum Gasteiger partial charge on any atom is 0.257 e. The highest BCUT2D eigenvalue weighted by atomic mass is 16.2. The van der Waals surface area contributed by atoms with Gasteiger partial charge in [-0.1, -0.05) is 72.3 Å². The van der Waals surface area contributed by atoms with Crippen molar-refractivity contribution in [2.45, 2.75) is 19.5 Å². The van der Waals surface area contributed by atoms with Crippen molar-refractivity contribution < 1.29 is 4.79 Å². The summed E-state index contributed by atoms with van der Waals surface area (Å²) in [5, 5.41) is 3.55. The monoisotopic (exact) mass is 342 g/mol. The zero-order valence-electron chi connectivity index (χ0n) is 14.9. The largest absolute Gasteiger partial charge is 0.361 e. The maximum absolute atomic E-state index is 13.2. The van der Waals surface area contributed by atoms with Crippen LogP contribution < -0.4 is 5.32 Å². The number of carbonyl (C=O) groups is 1. The van der Waals surface area contributed by atoms with E-state index in [1.54, 1.807) is 0 Å². The van der Waals surface area contributed by atoms with E-state index in [1.165, 1.54) is 11.1 Å². The van der Waals surface area contributed by atoms with E-state index in [1.807, 2.05) is 47.4 Å². The number of carbonyl (C=O) groups excluding carboxylic acids is 1. The molecule has 0 radical (unpaired) electrons. The van der Waals surface area contributed by atoms with Crippen LogP contribution in [0.5, 0.6) is 0 Å². The van der Waals surface area contributed by atoms with Crippen LogP contribution in [0.3, 0.4) is 0 Å². The van der Waals surface area contributed by atoms with E-state index in [2.05, 4.69) is 48.6 Å². The summed E-state index contributed by atoms with van der Waals surface area (Å²) >= 11 is 0. The molecule has 3 aromatic carbocycles. The molecular formula is C23H22N2O. The molecule has 130 valence electrons. The Bertz CT molecular complexity index is 903. The van der Waals surface area contributed by atoms with Gasteiger partial charge < -0.3 is 10.2 Å². The number of hydrogen-bond donors (Lipinski definition) is 1. The molecule has 1 heterocycles. The second kappa shape index (κ2) is 7.04. The smallest absolute Gasteiger partial charge is 0.257 e. The van der Waals surface area contributed by atoms with Crippen LogP contribution in [0.4, 0.5) is 5.69 Å². The lowest BCUT2D eigenvalue weighted by Gasteiger charge is -2.38. The van der Waals surface area contributed by atoms with Crippen molar-refractivity contribution in [2.24, 2.45) is 0 Å². The second-order valence-corrected chi connectivity index (χ2v) is 6.74. The molecule has 1 atom stereocenters. The number of benzene rings is 3. The van der Waals surface area contributed by atoms with E-state index in [4.69, 9.17) is 0 Å². The van der Waals surface area contributed by atoms with E-state index in [0.717, 1.165) is 23.2 Å². The molecule has 0 saturated heterocycles. The first-order valence-corrected chi connectivity index (χ1v) is 8.99. The first kappa shape index (κ1) is 16.4. The fourth-order valence-electron chi connectivity index (χ4n) is 3.43. The Morgan fingerprint density at radius 3 is 2.35 bits per heavy atom. The predicted octanol–water partition coefficient (Wildman–Crippen LogP) is 4.80. The van der Waals surface area contributed by atoms with Crippen LogP contribution in [0.2, 0.25) is 0 Å². The zero-order valence-corrected chi connectivity index (χ0v) is 14.9. The first-order valence-electron chi connectivity index (χ1n) is 8.99. The molecule has 1 aliphatic heterocycles. The molecule has 3 nitrogen and oxygen atoms in total. The Morgan fingerprint density at radius 1 is 0.885 bits per heavy atom. The van der Waals surface area contributed by atoms with Crippen LogP contribution in [-0.2, 0) is 6.42 Å². The molecule has 0 saturated carbocycles. The van der Waals surface area contributed by atoms with Gasteiger partial charge in [0.1, 0.15) is 6.17 Å². The molecule has 0 bridgehead atoms. The summed E-state index contributed by atoms with van der Waals surface area (Å²) in [6.45, 7) is 2.74. The second-order valence-electron chi connectivity index (χ2n) is 6.74. The molecule has 1 N–H and O–H groups in total. The lowest BCUT2D eigenvalue weighted by molar-refractivity contribution is 0.0685. The topological polar surface area (TPSA) is 32.3 Å². The third kappa shape index (κ3) is 3.21. The maximum atomic E-state index is 13.2. The predicted molar refractivity (Wildman–Crippen MR) is 105 cm³/mol. The molecule has 1 aliphatic rings. The Morgan fingerprint density at radius 2 is 1.58 bits per heavy atom. The van der Waals surface area contributed by atoms with Crippen molar-refractivity contribution in [2.75, 3.05) is 11.9 Å². The third-order valence-electron chi connectivity index (χ3n) is 4.90. The van der Waals surface area contributed by atoms with Gasteiger partial charge >= 0.3 is 0 Å². The summed E-state index contributed by atoms with van der Waals surface area (Å²) in [4.78, 5) is 15.1. The summed E-state index contributed by atoms with van der Waals surface area (Å²) in [6.07, 6.45) is 0.681. The number of nitrogens with one attached hydrogen (secondary N) is 1. The Hall–Kier alpha value is -3.07. The van der Waals surface area contributed by atoms with E-state index in [-0.39, 0.29) is 12.1 Å². The molecule has 4 rings (SSSR count). The van der Waals surface area contributed by atoms with Crippen molar-refractivity contribution in [1.82, 2.24) is 4.90 Å². The quantitative estimate of drug-likeness (QED) is 0.738. The van der Waals surface area contributed by atoms with Crippen LogP contribution in [0.1, 0.15) is 33.2 Å². The Labute approximate surface area is 154 Å². The zero-order chi connectivity index (χ0) is 17.9. The number of amides is 1. The first-order chi connectivity index (χ1) is 12.7. The average molecular weight is 342 g/mol. The van der Waals surface area contributed by atoms with Crippen molar-refractivity contribution in [3.8, 4) is 0 Å². The molecule has 3 heteroatoms. The van der Waals surface area contributed by atoms with Crippen molar-refractivity contribution in [1.29, 1.82) is 0 Å². The molecule has 26 heavy (non-hydrogen) atoms. The minimum Gasteiger partial charge on any atom is -0.361 e. The SMILES string of the molecule is Cc1ccc(C2Nc3ccccc3C(=O)N2CCc2ccccc2)cc1. The standard InChI is InChI=1S/C23H22N2O/c1-17-11-13-19(14-12-17)22-24-21-10-6-5-9-20(21)23(26)25(22)16-15-18-7-3-2-4-8-18/h2-14,22,24H,15-16H2,1H3. The van der Waals surface area contributed by atoms with Crippen LogP contribution in [0, 0.1) is 6.92 Å². The number of hydrogen-bond acceptors (Lipinski definition) is 2. The van der Waals surface area contributed by atoms with E-state index in [9.17, 15) is 4.79 Å².